The molecule has 0 heterocycles. The van der Waals surface area contributed by atoms with Gasteiger partial charge in [-0.15, -0.1) is 0 Å². The van der Waals surface area contributed by atoms with Crippen LogP contribution in [0.3, 0.4) is 0 Å². The number of nitrogens with one attached hydrogen (secondary N) is 1. The summed E-state index contributed by atoms with van der Waals surface area (Å²) in [6, 6.07) is 15.0. The molecule has 0 radical (unpaired) electrons. The monoisotopic (exact) mass is 396 g/mol. The van der Waals surface area contributed by atoms with E-state index < -0.39 is 6.04 Å². The topological polar surface area (TPSA) is 58.6 Å². The number of aryl methyl sites for hydroxylation is 2. The maximum absolute atomic E-state index is 13.0. The van der Waals surface area contributed by atoms with Crippen LogP contribution in [0.15, 0.2) is 48.5 Å². The molecular formula is C24H32N2O3. The highest BCUT2D eigenvalue weighted by Gasteiger charge is 2.27. The molecule has 2 aromatic carbocycles. The number of nitrogens with zero attached hydrogens (tertiary/aromatic N) is 1. The molecule has 0 aliphatic rings. The van der Waals surface area contributed by atoms with Gasteiger partial charge in [0.1, 0.15) is 11.8 Å². The second-order valence-corrected chi connectivity index (χ2v) is 7.57. The lowest BCUT2D eigenvalue weighted by Crippen LogP contribution is -2.50. The lowest BCUT2D eigenvalue weighted by atomic mass is 10.1. The molecule has 2 aromatic rings. The SMILES string of the molecule is CCc1ccc(OCC(=O)N(Cc2ccccc2C)C(C)C(=O)NC(C)C)cc1. The van der Waals surface area contributed by atoms with Gasteiger partial charge in [0.15, 0.2) is 6.61 Å². The molecule has 29 heavy (non-hydrogen) atoms. The van der Waals surface area contributed by atoms with E-state index >= 15 is 0 Å². The fraction of sp³-hybridized carbons (Fsp3) is 0.417. The number of hydrogen-bond acceptors (Lipinski definition) is 3. The average molecular weight is 397 g/mol. The molecule has 1 N–H and O–H groups in total. The zero-order valence-electron chi connectivity index (χ0n) is 18.1. The van der Waals surface area contributed by atoms with Gasteiger partial charge in [0.2, 0.25) is 5.91 Å². The summed E-state index contributed by atoms with van der Waals surface area (Å²) in [5.41, 5.74) is 3.30. The van der Waals surface area contributed by atoms with Gasteiger partial charge in [-0.2, -0.15) is 0 Å². The molecule has 156 valence electrons. The van der Waals surface area contributed by atoms with Crippen molar-refractivity contribution in [3.63, 3.8) is 0 Å². The number of carbonyl (C=O) groups excluding carboxylic acids is 2. The van der Waals surface area contributed by atoms with Crippen molar-refractivity contribution in [1.82, 2.24) is 10.2 Å². The summed E-state index contributed by atoms with van der Waals surface area (Å²) >= 11 is 0. The average Bonchev–Trinajstić information content (AvgIpc) is 2.70. The van der Waals surface area contributed by atoms with Gasteiger partial charge in [-0.3, -0.25) is 9.59 Å². The number of amides is 2. The summed E-state index contributed by atoms with van der Waals surface area (Å²) in [6.45, 7) is 9.90. The summed E-state index contributed by atoms with van der Waals surface area (Å²) in [4.78, 5) is 27.2. The first-order valence-corrected chi connectivity index (χ1v) is 10.2. The van der Waals surface area contributed by atoms with Crippen LogP contribution < -0.4 is 10.1 Å². The molecule has 1 unspecified atom stereocenters. The van der Waals surface area contributed by atoms with Crippen LogP contribution in [0.2, 0.25) is 0 Å². The lowest BCUT2D eigenvalue weighted by Gasteiger charge is -2.29. The van der Waals surface area contributed by atoms with Gasteiger partial charge in [-0.05, 0) is 62.9 Å². The zero-order chi connectivity index (χ0) is 21.4. The van der Waals surface area contributed by atoms with Crippen LogP contribution in [0.1, 0.15) is 44.4 Å². The maximum Gasteiger partial charge on any atom is 0.261 e. The van der Waals surface area contributed by atoms with Gasteiger partial charge >= 0.3 is 0 Å². The summed E-state index contributed by atoms with van der Waals surface area (Å²) in [5, 5.41) is 2.89. The second kappa shape index (κ2) is 10.6. The predicted molar refractivity (Wildman–Crippen MR) is 116 cm³/mol. The van der Waals surface area contributed by atoms with E-state index in [1.165, 1.54) is 5.56 Å². The van der Waals surface area contributed by atoms with Crippen molar-refractivity contribution in [3.05, 3.63) is 65.2 Å². The highest BCUT2D eigenvalue weighted by molar-refractivity contribution is 5.88. The Morgan fingerprint density at radius 3 is 2.28 bits per heavy atom. The molecule has 0 bridgehead atoms. The van der Waals surface area contributed by atoms with Crippen molar-refractivity contribution in [3.8, 4) is 5.75 Å². The van der Waals surface area contributed by atoms with E-state index in [-0.39, 0.29) is 24.5 Å². The quantitative estimate of drug-likeness (QED) is 0.700. The Morgan fingerprint density at radius 2 is 1.69 bits per heavy atom. The standard InChI is InChI=1S/C24H32N2O3/c1-6-20-11-13-22(14-12-20)29-16-23(27)26(19(5)24(28)25-17(2)3)15-21-10-8-7-9-18(21)4/h7-14,17,19H,6,15-16H2,1-5H3,(H,25,28). The minimum Gasteiger partial charge on any atom is -0.484 e. The smallest absolute Gasteiger partial charge is 0.261 e. The first-order valence-electron chi connectivity index (χ1n) is 10.2. The van der Waals surface area contributed by atoms with Gasteiger partial charge in [0.05, 0.1) is 0 Å². The Kier molecular flexibility index (Phi) is 8.25. The first kappa shape index (κ1) is 22.5. The van der Waals surface area contributed by atoms with Crippen molar-refractivity contribution >= 4 is 11.8 Å². The van der Waals surface area contributed by atoms with Crippen molar-refractivity contribution in [2.75, 3.05) is 6.61 Å². The molecule has 2 amide bonds. The number of carbonyl (C=O) groups is 2. The van der Waals surface area contributed by atoms with E-state index in [2.05, 4.69) is 12.2 Å². The van der Waals surface area contributed by atoms with Crippen LogP contribution in [0, 0.1) is 6.92 Å². The van der Waals surface area contributed by atoms with Crippen molar-refractivity contribution < 1.29 is 14.3 Å². The molecule has 0 aliphatic carbocycles. The van der Waals surface area contributed by atoms with Crippen LogP contribution in [0.25, 0.3) is 0 Å². The molecule has 0 fully saturated rings. The van der Waals surface area contributed by atoms with Crippen LogP contribution >= 0.6 is 0 Å². The van der Waals surface area contributed by atoms with Gasteiger partial charge in [0, 0.05) is 12.6 Å². The number of benzene rings is 2. The Hall–Kier alpha value is -2.82. The third-order valence-electron chi connectivity index (χ3n) is 4.89. The van der Waals surface area contributed by atoms with Crippen molar-refractivity contribution in [1.29, 1.82) is 0 Å². The van der Waals surface area contributed by atoms with Crippen LogP contribution in [0.5, 0.6) is 5.75 Å². The number of hydrogen-bond donors (Lipinski definition) is 1. The highest BCUT2D eigenvalue weighted by Crippen LogP contribution is 2.16. The number of rotatable bonds is 9. The summed E-state index contributed by atoms with van der Waals surface area (Å²) in [6.07, 6.45) is 0.950. The maximum atomic E-state index is 13.0. The third kappa shape index (κ3) is 6.63. The van der Waals surface area contributed by atoms with E-state index in [1.807, 2.05) is 69.3 Å². The number of ether oxygens (including phenoxy) is 1. The molecule has 5 nitrogen and oxygen atoms in total. The Balaban J connectivity index is 2.14. The van der Waals surface area contributed by atoms with Gasteiger partial charge in [-0.25, -0.2) is 0 Å². The van der Waals surface area contributed by atoms with Gasteiger partial charge in [0.25, 0.3) is 5.91 Å². The molecule has 0 spiro atoms. The van der Waals surface area contributed by atoms with E-state index in [9.17, 15) is 9.59 Å². The third-order valence-corrected chi connectivity index (χ3v) is 4.89. The Morgan fingerprint density at radius 1 is 1.03 bits per heavy atom. The summed E-state index contributed by atoms with van der Waals surface area (Å²) < 4.78 is 5.70. The highest BCUT2D eigenvalue weighted by atomic mass is 16.5. The molecule has 0 saturated carbocycles. The van der Waals surface area contributed by atoms with Crippen molar-refractivity contribution in [2.45, 2.75) is 59.7 Å². The normalized spacial score (nSPS) is 11.8. The fourth-order valence-corrected chi connectivity index (χ4v) is 3.01. The summed E-state index contributed by atoms with van der Waals surface area (Å²) in [5.74, 6) is 0.249. The zero-order valence-corrected chi connectivity index (χ0v) is 18.1. The van der Waals surface area contributed by atoms with E-state index in [4.69, 9.17) is 4.74 Å². The lowest BCUT2D eigenvalue weighted by molar-refractivity contribution is -0.142. The second-order valence-electron chi connectivity index (χ2n) is 7.57. The molecule has 2 rings (SSSR count). The summed E-state index contributed by atoms with van der Waals surface area (Å²) in [7, 11) is 0. The molecule has 0 aliphatic heterocycles. The van der Waals surface area contributed by atoms with E-state index in [1.54, 1.807) is 11.8 Å². The molecule has 0 aromatic heterocycles. The largest absolute Gasteiger partial charge is 0.484 e. The van der Waals surface area contributed by atoms with E-state index in [0.717, 1.165) is 17.5 Å². The van der Waals surface area contributed by atoms with Crippen molar-refractivity contribution in [2.24, 2.45) is 0 Å². The van der Waals surface area contributed by atoms with Crippen LogP contribution in [0.4, 0.5) is 0 Å². The Bertz CT molecular complexity index is 815. The first-order chi connectivity index (χ1) is 13.8. The predicted octanol–water partition coefficient (Wildman–Crippen LogP) is 3.88. The van der Waals surface area contributed by atoms with Gasteiger partial charge in [-0.1, -0.05) is 43.3 Å². The fourth-order valence-electron chi connectivity index (χ4n) is 3.01. The molecule has 1 atom stereocenters. The minimum atomic E-state index is -0.601. The van der Waals surface area contributed by atoms with Crippen LogP contribution in [-0.2, 0) is 22.6 Å². The van der Waals surface area contributed by atoms with Crippen LogP contribution in [-0.4, -0.2) is 35.4 Å². The van der Waals surface area contributed by atoms with E-state index in [0.29, 0.717) is 12.3 Å². The van der Waals surface area contributed by atoms with Gasteiger partial charge < -0.3 is 15.0 Å². The Labute approximate surface area is 174 Å². The minimum absolute atomic E-state index is 0.00805. The molecular weight excluding hydrogens is 364 g/mol. The molecule has 0 saturated heterocycles. The molecule has 5 heteroatoms.